The van der Waals surface area contributed by atoms with Crippen LogP contribution in [0.2, 0.25) is 0 Å². The highest BCUT2D eigenvalue weighted by Gasteiger charge is 2.22. The molecule has 0 bridgehead atoms. The number of hydrogen-bond acceptors (Lipinski definition) is 2. The molecule has 2 atom stereocenters. The van der Waals surface area contributed by atoms with E-state index in [1.807, 2.05) is 62.4 Å². The van der Waals surface area contributed by atoms with E-state index in [1.165, 1.54) is 0 Å². The van der Waals surface area contributed by atoms with Crippen molar-refractivity contribution >= 4 is 0 Å². The fourth-order valence-corrected chi connectivity index (χ4v) is 2.18. The van der Waals surface area contributed by atoms with Gasteiger partial charge in [0.15, 0.2) is 0 Å². The summed E-state index contributed by atoms with van der Waals surface area (Å²) in [4.78, 5) is 0. The lowest BCUT2D eigenvalue weighted by molar-refractivity contribution is 0.0165. The van der Waals surface area contributed by atoms with Crippen LogP contribution in [0.5, 0.6) is 0 Å². The molecule has 0 aromatic heterocycles. The number of hydrogen-bond donors (Lipinski definition) is 2. The van der Waals surface area contributed by atoms with Crippen LogP contribution in [0.3, 0.4) is 0 Å². The SMILES string of the molecule is Cc1ccccc1[C@H](O)[C@@H](O)c1ccccc1C. The second kappa shape index (κ2) is 5.34. The maximum Gasteiger partial charge on any atom is 0.109 e. The van der Waals surface area contributed by atoms with E-state index in [2.05, 4.69) is 0 Å². The van der Waals surface area contributed by atoms with Crippen LogP contribution >= 0.6 is 0 Å². The number of aliphatic hydroxyl groups is 2. The van der Waals surface area contributed by atoms with Crippen molar-refractivity contribution < 1.29 is 10.2 Å². The molecule has 0 radical (unpaired) electrons. The zero-order chi connectivity index (χ0) is 13.1. The molecule has 94 valence electrons. The molecule has 0 saturated carbocycles. The van der Waals surface area contributed by atoms with Gasteiger partial charge < -0.3 is 10.2 Å². The number of rotatable bonds is 3. The zero-order valence-corrected chi connectivity index (χ0v) is 10.7. The van der Waals surface area contributed by atoms with Gasteiger partial charge in [0, 0.05) is 0 Å². The van der Waals surface area contributed by atoms with Crippen LogP contribution in [0.1, 0.15) is 34.5 Å². The van der Waals surface area contributed by atoms with Crippen LogP contribution in [0.4, 0.5) is 0 Å². The third-order valence-corrected chi connectivity index (χ3v) is 3.31. The first-order chi connectivity index (χ1) is 8.61. The molecule has 0 aliphatic carbocycles. The Kier molecular flexibility index (Phi) is 3.80. The van der Waals surface area contributed by atoms with Gasteiger partial charge in [-0.05, 0) is 36.1 Å². The van der Waals surface area contributed by atoms with Crippen LogP contribution in [0.25, 0.3) is 0 Å². The molecular formula is C16H18O2. The molecule has 0 spiro atoms. The van der Waals surface area contributed by atoms with Crippen LogP contribution in [0, 0.1) is 13.8 Å². The summed E-state index contributed by atoms with van der Waals surface area (Å²) in [5.74, 6) is 0. The number of benzene rings is 2. The maximum atomic E-state index is 10.3. The van der Waals surface area contributed by atoms with E-state index in [0.29, 0.717) is 0 Å². The standard InChI is InChI=1S/C16H18O2/c1-11-7-3-5-9-13(11)15(17)16(18)14-10-6-4-8-12(14)2/h3-10,15-18H,1-2H3/t15-,16-/m0/s1. The van der Waals surface area contributed by atoms with Gasteiger partial charge in [-0.2, -0.15) is 0 Å². The van der Waals surface area contributed by atoms with E-state index >= 15 is 0 Å². The van der Waals surface area contributed by atoms with Crippen LogP contribution in [0.15, 0.2) is 48.5 Å². The van der Waals surface area contributed by atoms with Crippen molar-refractivity contribution in [2.45, 2.75) is 26.1 Å². The average Bonchev–Trinajstić information content (AvgIpc) is 2.38. The Bertz CT molecular complexity index is 485. The van der Waals surface area contributed by atoms with Crippen molar-refractivity contribution in [3.63, 3.8) is 0 Å². The minimum atomic E-state index is -0.896. The van der Waals surface area contributed by atoms with Gasteiger partial charge in [-0.3, -0.25) is 0 Å². The second-order valence-corrected chi connectivity index (χ2v) is 4.60. The molecular weight excluding hydrogens is 224 g/mol. The average molecular weight is 242 g/mol. The molecule has 0 unspecified atom stereocenters. The summed E-state index contributed by atoms with van der Waals surface area (Å²) in [5.41, 5.74) is 3.51. The highest BCUT2D eigenvalue weighted by atomic mass is 16.3. The van der Waals surface area contributed by atoms with E-state index in [-0.39, 0.29) is 0 Å². The largest absolute Gasteiger partial charge is 0.385 e. The lowest BCUT2D eigenvalue weighted by Crippen LogP contribution is -2.12. The fourth-order valence-electron chi connectivity index (χ4n) is 2.18. The van der Waals surface area contributed by atoms with Gasteiger partial charge in [0.2, 0.25) is 0 Å². The van der Waals surface area contributed by atoms with E-state index < -0.39 is 12.2 Å². The first kappa shape index (κ1) is 12.8. The maximum absolute atomic E-state index is 10.3. The molecule has 0 amide bonds. The van der Waals surface area contributed by atoms with Crippen molar-refractivity contribution in [1.29, 1.82) is 0 Å². The summed E-state index contributed by atoms with van der Waals surface area (Å²) in [5, 5.41) is 20.6. The fraction of sp³-hybridized carbons (Fsp3) is 0.250. The summed E-state index contributed by atoms with van der Waals surface area (Å²) in [6.45, 7) is 3.87. The predicted octanol–water partition coefficient (Wildman–Crippen LogP) is 3.07. The Hall–Kier alpha value is -1.64. The molecule has 0 aliphatic rings. The van der Waals surface area contributed by atoms with Gasteiger partial charge in [0.1, 0.15) is 12.2 Å². The Morgan fingerprint density at radius 1 is 0.667 bits per heavy atom. The molecule has 2 nitrogen and oxygen atoms in total. The molecule has 2 aromatic carbocycles. The van der Waals surface area contributed by atoms with E-state index in [0.717, 1.165) is 22.3 Å². The third-order valence-electron chi connectivity index (χ3n) is 3.31. The first-order valence-corrected chi connectivity index (χ1v) is 6.08. The normalized spacial score (nSPS) is 14.2. The lowest BCUT2D eigenvalue weighted by Gasteiger charge is -2.21. The smallest absolute Gasteiger partial charge is 0.109 e. The van der Waals surface area contributed by atoms with Gasteiger partial charge >= 0.3 is 0 Å². The molecule has 2 rings (SSSR count). The summed E-state index contributed by atoms with van der Waals surface area (Å²) < 4.78 is 0. The second-order valence-electron chi connectivity index (χ2n) is 4.60. The molecule has 0 aliphatic heterocycles. The molecule has 2 aromatic rings. The van der Waals surface area contributed by atoms with E-state index in [1.54, 1.807) is 0 Å². The molecule has 0 fully saturated rings. The van der Waals surface area contributed by atoms with Crippen LogP contribution in [-0.4, -0.2) is 10.2 Å². The van der Waals surface area contributed by atoms with E-state index in [9.17, 15) is 10.2 Å². The summed E-state index contributed by atoms with van der Waals surface area (Å²) in [7, 11) is 0. The molecule has 2 heteroatoms. The first-order valence-electron chi connectivity index (χ1n) is 6.08. The minimum Gasteiger partial charge on any atom is -0.385 e. The quantitative estimate of drug-likeness (QED) is 0.868. The highest BCUT2D eigenvalue weighted by molar-refractivity contribution is 5.33. The summed E-state index contributed by atoms with van der Waals surface area (Å²) in [6.07, 6.45) is -1.79. The van der Waals surface area contributed by atoms with Gasteiger partial charge in [-0.1, -0.05) is 48.5 Å². The highest BCUT2D eigenvalue weighted by Crippen LogP contribution is 2.31. The zero-order valence-electron chi connectivity index (χ0n) is 10.7. The van der Waals surface area contributed by atoms with Crippen LogP contribution < -0.4 is 0 Å². The number of aliphatic hydroxyl groups excluding tert-OH is 2. The third kappa shape index (κ3) is 2.45. The van der Waals surface area contributed by atoms with Gasteiger partial charge in [-0.15, -0.1) is 0 Å². The molecule has 0 saturated heterocycles. The molecule has 0 heterocycles. The molecule has 18 heavy (non-hydrogen) atoms. The van der Waals surface area contributed by atoms with Crippen molar-refractivity contribution in [3.8, 4) is 0 Å². The summed E-state index contributed by atoms with van der Waals surface area (Å²) in [6, 6.07) is 15.2. The monoisotopic (exact) mass is 242 g/mol. The lowest BCUT2D eigenvalue weighted by atomic mass is 9.93. The van der Waals surface area contributed by atoms with Crippen molar-refractivity contribution in [3.05, 3.63) is 70.8 Å². The summed E-state index contributed by atoms with van der Waals surface area (Å²) >= 11 is 0. The topological polar surface area (TPSA) is 40.5 Å². The molecule has 2 N–H and O–H groups in total. The van der Waals surface area contributed by atoms with Gasteiger partial charge in [0.25, 0.3) is 0 Å². The minimum absolute atomic E-state index is 0.772. The Morgan fingerprint density at radius 2 is 1.00 bits per heavy atom. The Labute approximate surface area is 108 Å². The van der Waals surface area contributed by atoms with Crippen molar-refractivity contribution in [2.75, 3.05) is 0 Å². The van der Waals surface area contributed by atoms with E-state index in [4.69, 9.17) is 0 Å². The van der Waals surface area contributed by atoms with Crippen molar-refractivity contribution in [1.82, 2.24) is 0 Å². The van der Waals surface area contributed by atoms with Gasteiger partial charge in [-0.25, -0.2) is 0 Å². The Morgan fingerprint density at radius 3 is 1.33 bits per heavy atom. The van der Waals surface area contributed by atoms with Gasteiger partial charge in [0.05, 0.1) is 0 Å². The van der Waals surface area contributed by atoms with Crippen LogP contribution in [-0.2, 0) is 0 Å². The Balaban J connectivity index is 2.33. The predicted molar refractivity (Wildman–Crippen MR) is 72.3 cm³/mol. The van der Waals surface area contributed by atoms with Crippen molar-refractivity contribution in [2.24, 2.45) is 0 Å². The number of aryl methyl sites for hydroxylation is 2.